The van der Waals surface area contributed by atoms with Crippen molar-refractivity contribution in [2.24, 2.45) is 5.92 Å². The van der Waals surface area contributed by atoms with E-state index in [1.165, 1.54) is 6.07 Å². The zero-order chi connectivity index (χ0) is 13.8. The number of hydrogen-bond donors (Lipinski definition) is 0. The fraction of sp³-hybridized carbons (Fsp3) is 0.500. The van der Waals surface area contributed by atoms with Crippen molar-refractivity contribution in [3.05, 3.63) is 23.9 Å². The summed E-state index contributed by atoms with van der Waals surface area (Å²) in [6.45, 7) is 3.76. The summed E-state index contributed by atoms with van der Waals surface area (Å²) in [6.07, 6.45) is -2.82. The molecule has 0 bridgehead atoms. The summed E-state index contributed by atoms with van der Waals surface area (Å²) in [4.78, 5) is 15.2. The molecule has 0 aliphatic rings. The van der Waals surface area contributed by atoms with Crippen LogP contribution >= 0.6 is 11.8 Å². The molecule has 1 heterocycles. The molecule has 1 aromatic heterocycles. The number of carbonyl (C=O) groups excluding carboxylic acids is 1. The monoisotopic (exact) mass is 277 g/mol. The van der Waals surface area contributed by atoms with Crippen LogP contribution in [0.3, 0.4) is 0 Å². The topological polar surface area (TPSA) is 30.0 Å². The van der Waals surface area contributed by atoms with Crippen molar-refractivity contribution in [3.8, 4) is 0 Å². The minimum Gasteiger partial charge on any atom is -0.298 e. The van der Waals surface area contributed by atoms with Crippen molar-refractivity contribution < 1.29 is 18.0 Å². The molecule has 0 N–H and O–H groups in total. The van der Waals surface area contributed by atoms with E-state index in [1.54, 1.807) is 0 Å². The Bertz CT molecular complexity index is 403. The van der Waals surface area contributed by atoms with Gasteiger partial charge in [-0.15, -0.1) is 0 Å². The summed E-state index contributed by atoms with van der Waals surface area (Å²) in [5, 5.41) is 0.430. The van der Waals surface area contributed by atoms with Crippen LogP contribution in [-0.4, -0.2) is 16.5 Å². The standard InChI is InChI=1S/C12H14F3NOS/c1-3-8(2)10(17)7-18-11-5-4-9(6-16-11)12(13,14)15/h4-6,8H,3,7H2,1-2H3. The smallest absolute Gasteiger partial charge is 0.298 e. The number of aromatic nitrogens is 1. The zero-order valence-electron chi connectivity index (χ0n) is 10.1. The Morgan fingerprint density at radius 1 is 1.44 bits per heavy atom. The molecule has 0 saturated carbocycles. The molecular formula is C12H14F3NOS. The van der Waals surface area contributed by atoms with Crippen LogP contribution in [-0.2, 0) is 11.0 Å². The average Bonchev–Trinajstić information content (AvgIpc) is 2.34. The van der Waals surface area contributed by atoms with E-state index in [1.807, 2.05) is 13.8 Å². The molecule has 0 aromatic carbocycles. The van der Waals surface area contributed by atoms with Crippen LogP contribution in [0.5, 0.6) is 0 Å². The lowest BCUT2D eigenvalue weighted by Crippen LogP contribution is -2.12. The minimum absolute atomic E-state index is 0.0213. The molecule has 0 aliphatic heterocycles. The molecule has 1 unspecified atom stereocenters. The second kappa shape index (κ2) is 6.22. The number of halogens is 3. The first-order valence-corrected chi connectivity index (χ1v) is 6.52. The van der Waals surface area contributed by atoms with E-state index in [9.17, 15) is 18.0 Å². The summed E-state index contributed by atoms with van der Waals surface area (Å²) < 4.78 is 36.9. The fourth-order valence-electron chi connectivity index (χ4n) is 1.15. The van der Waals surface area contributed by atoms with Crippen LogP contribution < -0.4 is 0 Å². The van der Waals surface area contributed by atoms with Crippen molar-refractivity contribution in [3.63, 3.8) is 0 Å². The molecule has 0 spiro atoms. The van der Waals surface area contributed by atoms with Crippen molar-refractivity contribution in [1.82, 2.24) is 4.98 Å². The Kier molecular flexibility index (Phi) is 5.19. The first-order chi connectivity index (χ1) is 8.34. The predicted molar refractivity (Wildman–Crippen MR) is 64.4 cm³/mol. The number of alkyl halides is 3. The van der Waals surface area contributed by atoms with Gasteiger partial charge in [-0.2, -0.15) is 13.2 Å². The third-order valence-corrected chi connectivity index (χ3v) is 3.55. The Hall–Kier alpha value is -1.04. The number of pyridine rings is 1. The van der Waals surface area contributed by atoms with Gasteiger partial charge in [0, 0.05) is 12.1 Å². The van der Waals surface area contributed by atoms with E-state index in [0.29, 0.717) is 5.03 Å². The van der Waals surface area contributed by atoms with Crippen LogP contribution in [0.25, 0.3) is 0 Å². The summed E-state index contributed by atoms with van der Waals surface area (Å²) in [6, 6.07) is 2.26. The van der Waals surface area contributed by atoms with Crippen LogP contribution in [0.15, 0.2) is 23.4 Å². The lowest BCUT2D eigenvalue weighted by atomic mass is 10.1. The van der Waals surface area contributed by atoms with Crippen LogP contribution in [0.4, 0.5) is 13.2 Å². The summed E-state index contributed by atoms with van der Waals surface area (Å²) in [5.74, 6) is 0.309. The van der Waals surface area contributed by atoms with Gasteiger partial charge in [-0.1, -0.05) is 25.6 Å². The maximum absolute atomic E-state index is 12.3. The highest BCUT2D eigenvalue weighted by Crippen LogP contribution is 2.29. The molecule has 0 radical (unpaired) electrons. The van der Waals surface area contributed by atoms with E-state index >= 15 is 0 Å². The normalized spacial score (nSPS) is 13.4. The van der Waals surface area contributed by atoms with Gasteiger partial charge < -0.3 is 0 Å². The van der Waals surface area contributed by atoms with E-state index in [-0.39, 0.29) is 17.5 Å². The molecule has 100 valence electrons. The lowest BCUT2D eigenvalue weighted by molar-refractivity contribution is -0.137. The molecule has 0 amide bonds. The van der Waals surface area contributed by atoms with Gasteiger partial charge in [-0.05, 0) is 18.6 Å². The number of carbonyl (C=O) groups is 1. The second-order valence-electron chi connectivity index (χ2n) is 3.95. The number of Topliss-reactive ketones (excluding diaryl/α,β-unsaturated/α-hetero) is 1. The summed E-state index contributed by atoms with van der Waals surface area (Å²) in [7, 11) is 0. The molecule has 6 heteroatoms. The van der Waals surface area contributed by atoms with Gasteiger partial charge in [0.25, 0.3) is 0 Å². The summed E-state index contributed by atoms with van der Waals surface area (Å²) >= 11 is 1.16. The Morgan fingerprint density at radius 3 is 2.56 bits per heavy atom. The maximum atomic E-state index is 12.3. The third-order valence-electron chi connectivity index (χ3n) is 2.59. The van der Waals surface area contributed by atoms with Gasteiger partial charge in [0.2, 0.25) is 0 Å². The van der Waals surface area contributed by atoms with Crippen molar-refractivity contribution in [2.45, 2.75) is 31.5 Å². The second-order valence-corrected chi connectivity index (χ2v) is 4.94. The zero-order valence-corrected chi connectivity index (χ0v) is 10.9. The number of ketones is 1. The highest BCUT2D eigenvalue weighted by Gasteiger charge is 2.30. The first-order valence-electron chi connectivity index (χ1n) is 5.53. The van der Waals surface area contributed by atoms with Crippen LogP contribution in [0.1, 0.15) is 25.8 Å². The third kappa shape index (κ3) is 4.33. The predicted octanol–water partition coefficient (Wildman–Crippen LogP) is 3.81. The summed E-state index contributed by atoms with van der Waals surface area (Å²) in [5.41, 5.74) is -0.778. The van der Waals surface area contributed by atoms with Crippen LogP contribution in [0, 0.1) is 5.92 Å². The maximum Gasteiger partial charge on any atom is 0.417 e. The van der Waals surface area contributed by atoms with Gasteiger partial charge in [-0.3, -0.25) is 4.79 Å². The van der Waals surface area contributed by atoms with Gasteiger partial charge in [0.15, 0.2) is 0 Å². The van der Waals surface area contributed by atoms with Crippen molar-refractivity contribution in [2.75, 3.05) is 5.75 Å². The Balaban J connectivity index is 2.57. The SMILES string of the molecule is CCC(C)C(=O)CSc1ccc(C(F)(F)F)cn1. The first kappa shape index (κ1) is 15.0. The number of nitrogens with zero attached hydrogens (tertiary/aromatic N) is 1. The van der Waals surface area contributed by atoms with Crippen LogP contribution in [0.2, 0.25) is 0 Å². The van der Waals surface area contributed by atoms with E-state index in [0.717, 1.165) is 30.4 Å². The van der Waals surface area contributed by atoms with E-state index in [2.05, 4.69) is 4.98 Å². The van der Waals surface area contributed by atoms with E-state index < -0.39 is 11.7 Å². The van der Waals surface area contributed by atoms with E-state index in [4.69, 9.17) is 0 Å². The Morgan fingerprint density at radius 2 is 2.11 bits per heavy atom. The molecule has 1 rings (SSSR count). The number of thioether (sulfide) groups is 1. The van der Waals surface area contributed by atoms with Crippen molar-refractivity contribution >= 4 is 17.5 Å². The molecule has 0 saturated heterocycles. The molecule has 0 fully saturated rings. The highest BCUT2D eigenvalue weighted by atomic mass is 32.2. The fourth-order valence-corrected chi connectivity index (χ4v) is 2.01. The lowest BCUT2D eigenvalue weighted by Gasteiger charge is -2.08. The highest BCUT2D eigenvalue weighted by molar-refractivity contribution is 7.99. The molecule has 2 nitrogen and oxygen atoms in total. The largest absolute Gasteiger partial charge is 0.417 e. The molecule has 1 atom stereocenters. The van der Waals surface area contributed by atoms with Gasteiger partial charge in [-0.25, -0.2) is 4.98 Å². The van der Waals surface area contributed by atoms with Crippen molar-refractivity contribution in [1.29, 1.82) is 0 Å². The van der Waals surface area contributed by atoms with Gasteiger partial charge >= 0.3 is 6.18 Å². The van der Waals surface area contributed by atoms with Gasteiger partial charge in [0.05, 0.1) is 16.3 Å². The molecule has 18 heavy (non-hydrogen) atoms. The quantitative estimate of drug-likeness (QED) is 0.767. The average molecular weight is 277 g/mol. The molecule has 1 aromatic rings. The number of hydrogen-bond acceptors (Lipinski definition) is 3. The number of rotatable bonds is 5. The van der Waals surface area contributed by atoms with Gasteiger partial charge in [0.1, 0.15) is 5.78 Å². The molecular weight excluding hydrogens is 263 g/mol. The molecule has 0 aliphatic carbocycles. The minimum atomic E-state index is -4.37. The Labute approximate surface area is 108 Å².